The van der Waals surface area contributed by atoms with Crippen LogP contribution in [0.1, 0.15) is 0 Å². The molecule has 0 bridgehead atoms. The van der Waals surface area contributed by atoms with Gasteiger partial charge in [-0.15, -0.1) is 0 Å². The summed E-state index contributed by atoms with van der Waals surface area (Å²) in [6.07, 6.45) is 3.47. The topological polar surface area (TPSA) is 30.7 Å². The van der Waals surface area contributed by atoms with Crippen LogP contribution >= 0.6 is 34.8 Å². The summed E-state index contributed by atoms with van der Waals surface area (Å²) < 4.78 is 1.66. The molecule has 2 rings (SSSR count). The Balaban J connectivity index is 2.58. The van der Waals surface area contributed by atoms with Crippen molar-refractivity contribution >= 4 is 34.8 Å². The molecule has 0 saturated heterocycles. The van der Waals surface area contributed by atoms with E-state index in [0.29, 0.717) is 15.7 Å². The number of aromatic nitrogens is 3. The summed E-state index contributed by atoms with van der Waals surface area (Å²) in [7, 11) is 1.81. The van der Waals surface area contributed by atoms with Gasteiger partial charge in [0.2, 0.25) is 0 Å². The van der Waals surface area contributed by atoms with E-state index in [1.165, 1.54) is 0 Å². The monoisotopic (exact) mass is 261 g/mol. The predicted molar refractivity (Wildman–Crippen MR) is 61.5 cm³/mol. The lowest BCUT2D eigenvalue weighted by molar-refractivity contribution is 0.768. The quantitative estimate of drug-likeness (QED) is 0.737. The van der Waals surface area contributed by atoms with Gasteiger partial charge in [-0.25, -0.2) is 4.98 Å². The van der Waals surface area contributed by atoms with Gasteiger partial charge in [0.25, 0.3) is 0 Å². The molecule has 2 aromatic rings. The van der Waals surface area contributed by atoms with E-state index in [9.17, 15) is 0 Å². The van der Waals surface area contributed by atoms with Crippen LogP contribution in [0.25, 0.3) is 11.3 Å². The van der Waals surface area contributed by atoms with Crippen LogP contribution in [-0.2, 0) is 7.05 Å². The third-order valence-corrected chi connectivity index (χ3v) is 2.83. The second kappa shape index (κ2) is 4.00. The molecule has 0 amide bonds. The molecule has 0 aromatic carbocycles. The Labute approximate surface area is 102 Å². The SMILES string of the molecule is Cn1cc(-c2nc(Cl)c(Cl)cc2Cl)cn1. The minimum Gasteiger partial charge on any atom is -0.275 e. The van der Waals surface area contributed by atoms with Gasteiger partial charge in [0.1, 0.15) is 5.15 Å². The third kappa shape index (κ3) is 2.09. The zero-order valence-electron chi connectivity index (χ0n) is 7.71. The summed E-state index contributed by atoms with van der Waals surface area (Å²) in [5.41, 5.74) is 1.39. The van der Waals surface area contributed by atoms with Crippen LogP contribution in [0.3, 0.4) is 0 Å². The molecule has 78 valence electrons. The van der Waals surface area contributed by atoms with Crippen LogP contribution in [-0.4, -0.2) is 14.8 Å². The first kappa shape index (κ1) is 10.7. The van der Waals surface area contributed by atoms with Crippen molar-refractivity contribution in [3.8, 4) is 11.3 Å². The maximum atomic E-state index is 6.00. The summed E-state index contributed by atoms with van der Waals surface area (Å²) in [5.74, 6) is 0. The third-order valence-electron chi connectivity index (χ3n) is 1.87. The van der Waals surface area contributed by atoms with Gasteiger partial charge in [-0.3, -0.25) is 4.68 Å². The van der Waals surface area contributed by atoms with E-state index in [-0.39, 0.29) is 5.15 Å². The average Bonchev–Trinajstić information content (AvgIpc) is 2.58. The predicted octanol–water partition coefficient (Wildman–Crippen LogP) is 3.44. The van der Waals surface area contributed by atoms with E-state index in [0.717, 1.165) is 5.56 Å². The number of aryl methyl sites for hydroxylation is 1. The van der Waals surface area contributed by atoms with Crippen molar-refractivity contribution in [3.05, 3.63) is 33.7 Å². The Hall–Kier alpha value is -0.770. The van der Waals surface area contributed by atoms with Crippen LogP contribution in [0, 0.1) is 0 Å². The molecule has 0 unspecified atom stereocenters. The normalized spacial score (nSPS) is 10.7. The number of hydrogen-bond donors (Lipinski definition) is 0. The summed E-state index contributed by atoms with van der Waals surface area (Å²) in [5, 5.41) is 5.06. The lowest BCUT2D eigenvalue weighted by Crippen LogP contribution is -1.86. The number of nitrogens with zero attached hydrogens (tertiary/aromatic N) is 3. The van der Waals surface area contributed by atoms with Crippen molar-refractivity contribution in [1.29, 1.82) is 0 Å². The fourth-order valence-corrected chi connectivity index (χ4v) is 1.80. The van der Waals surface area contributed by atoms with Gasteiger partial charge in [-0.05, 0) is 6.07 Å². The first-order valence-electron chi connectivity index (χ1n) is 4.08. The first-order chi connectivity index (χ1) is 7.08. The summed E-state index contributed by atoms with van der Waals surface area (Å²) in [4.78, 5) is 4.10. The molecule has 0 saturated carbocycles. The lowest BCUT2D eigenvalue weighted by atomic mass is 10.2. The van der Waals surface area contributed by atoms with E-state index in [4.69, 9.17) is 34.8 Å². The standard InChI is InChI=1S/C9H6Cl3N3/c1-15-4-5(3-13-15)8-6(10)2-7(11)9(12)14-8/h2-4H,1H3. The van der Waals surface area contributed by atoms with Crippen molar-refractivity contribution in [2.24, 2.45) is 7.05 Å². The average molecular weight is 263 g/mol. The van der Waals surface area contributed by atoms with Gasteiger partial charge < -0.3 is 0 Å². The van der Waals surface area contributed by atoms with E-state index < -0.39 is 0 Å². The zero-order valence-corrected chi connectivity index (χ0v) is 9.98. The van der Waals surface area contributed by atoms with Crippen LogP contribution in [0.15, 0.2) is 18.5 Å². The molecule has 15 heavy (non-hydrogen) atoms. The Bertz CT molecular complexity index is 507. The van der Waals surface area contributed by atoms with E-state index >= 15 is 0 Å². The Kier molecular flexibility index (Phi) is 2.87. The minimum atomic E-state index is 0.236. The van der Waals surface area contributed by atoms with Crippen molar-refractivity contribution in [2.45, 2.75) is 0 Å². The Morgan fingerprint density at radius 2 is 1.93 bits per heavy atom. The molecule has 3 nitrogen and oxygen atoms in total. The van der Waals surface area contributed by atoms with Gasteiger partial charge in [-0.2, -0.15) is 5.10 Å². The fourth-order valence-electron chi connectivity index (χ4n) is 1.19. The van der Waals surface area contributed by atoms with E-state index in [1.807, 2.05) is 7.05 Å². The Morgan fingerprint density at radius 1 is 1.20 bits per heavy atom. The minimum absolute atomic E-state index is 0.236. The highest BCUT2D eigenvalue weighted by Gasteiger charge is 2.10. The first-order valence-corrected chi connectivity index (χ1v) is 5.22. The fraction of sp³-hybridized carbons (Fsp3) is 0.111. The molecule has 0 atom stereocenters. The molecule has 2 heterocycles. The molecule has 0 spiro atoms. The van der Waals surface area contributed by atoms with Gasteiger partial charge >= 0.3 is 0 Å². The number of pyridine rings is 1. The van der Waals surface area contributed by atoms with Crippen molar-refractivity contribution in [1.82, 2.24) is 14.8 Å². The maximum absolute atomic E-state index is 6.00. The number of rotatable bonds is 1. The molecule has 0 aliphatic heterocycles. The number of hydrogen-bond acceptors (Lipinski definition) is 2. The molecule has 6 heteroatoms. The van der Waals surface area contributed by atoms with Crippen molar-refractivity contribution in [2.75, 3.05) is 0 Å². The molecule has 2 aromatic heterocycles. The largest absolute Gasteiger partial charge is 0.275 e. The van der Waals surface area contributed by atoms with Crippen LogP contribution in [0.5, 0.6) is 0 Å². The molecule has 0 fully saturated rings. The molecule has 0 aliphatic carbocycles. The second-order valence-electron chi connectivity index (χ2n) is 2.99. The van der Waals surface area contributed by atoms with E-state index in [2.05, 4.69) is 10.1 Å². The zero-order chi connectivity index (χ0) is 11.0. The molecule has 0 radical (unpaired) electrons. The van der Waals surface area contributed by atoms with Crippen LogP contribution < -0.4 is 0 Å². The van der Waals surface area contributed by atoms with E-state index in [1.54, 1.807) is 23.1 Å². The van der Waals surface area contributed by atoms with Gasteiger partial charge in [-0.1, -0.05) is 34.8 Å². The molecule has 0 N–H and O–H groups in total. The van der Waals surface area contributed by atoms with Gasteiger partial charge in [0.05, 0.1) is 21.9 Å². The summed E-state index contributed by atoms with van der Waals surface area (Å²) >= 11 is 17.6. The molecular weight excluding hydrogens is 256 g/mol. The molecule has 0 aliphatic rings. The van der Waals surface area contributed by atoms with Crippen molar-refractivity contribution in [3.63, 3.8) is 0 Å². The smallest absolute Gasteiger partial charge is 0.148 e. The highest BCUT2D eigenvalue weighted by molar-refractivity contribution is 6.42. The summed E-state index contributed by atoms with van der Waals surface area (Å²) in [6.45, 7) is 0. The van der Waals surface area contributed by atoms with Crippen molar-refractivity contribution < 1.29 is 0 Å². The lowest BCUT2D eigenvalue weighted by Gasteiger charge is -2.02. The van der Waals surface area contributed by atoms with Gasteiger partial charge in [0.15, 0.2) is 0 Å². The van der Waals surface area contributed by atoms with Crippen LogP contribution in [0.4, 0.5) is 0 Å². The Morgan fingerprint density at radius 3 is 2.53 bits per heavy atom. The summed E-state index contributed by atoms with van der Waals surface area (Å²) in [6, 6.07) is 1.57. The highest BCUT2D eigenvalue weighted by atomic mass is 35.5. The number of halogens is 3. The van der Waals surface area contributed by atoms with Gasteiger partial charge in [0, 0.05) is 18.8 Å². The molecular formula is C9H6Cl3N3. The van der Waals surface area contributed by atoms with Crippen LogP contribution in [0.2, 0.25) is 15.2 Å². The highest BCUT2D eigenvalue weighted by Crippen LogP contribution is 2.31. The second-order valence-corrected chi connectivity index (χ2v) is 4.17. The maximum Gasteiger partial charge on any atom is 0.148 e.